The Balaban J connectivity index is 1.45. The molecule has 49 heavy (non-hydrogen) atoms. The molecular weight excluding hydrogens is 641 g/mol. The summed E-state index contributed by atoms with van der Waals surface area (Å²) in [5.41, 5.74) is 6.13. The van der Waals surface area contributed by atoms with Gasteiger partial charge in [0.05, 0.1) is 54.0 Å². The Labute approximate surface area is 288 Å². The molecule has 4 heterocycles. The predicted octanol–water partition coefficient (Wildman–Crippen LogP) is 5.94. The van der Waals surface area contributed by atoms with Crippen LogP contribution in [0.1, 0.15) is 59.9 Å². The van der Waals surface area contributed by atoms with Gasteiger partial charge in [0.1, 0.15) is 6.61 Å². The van der Waals surface area contributed by atoms with Crippen LogP contribution in [0.3, 0.4) is 0 Å². The van der Waals surface area contributed by atoms with Crippen molar-refractivity contribution in [2.75, 3.05) is 42.5 Å². The first kappa shape index (κ1) is 34.3. The Kier molecular flexibility index (Phi) is 9.63. The summed E-state index contributed by atoms with van der Waals surface area (Å²) in [6, 6.07) is 15.4. The lowest BCUT2D eigenvalue weighted by Gasteiger charge is -2.36. The quantitative estimate of drug-likeness (QED) is 0.272. The molecule has 2 aliphatic heterocycles. The molecular formula is C37H44N6O5S. The number of nitrogens with one attached hydrogen (secondary N) is 1. The maximum absolute atomic E-state index is 14.5. The SMILES string of the molecule is Cc1cc(N2CCOCC2)cnc1CN1C(=O)c2cccc(c2)S(=O)(=O)Nc2nc(cc(-c3c(C)cccc3C)n2)OC[C@H]1CC(C)(C)C. The summed E-state index contributed by atoms with van der Waals surface area (Å²) in [6.45, 7) is 15.6. The molecule has 1 amide bonds. The van der Waals surface area contributed by atoms with Crippen molar-refractivity contribution >= 4 is 27.6 Å². The van der Waals surface area contributed by atoms with Gasteiger partial charge in [-0.3, -0.25) is 9.78 Å². The number of morpholine rings is 1. The van der Waals surface area contributed by atoms with Crippen molar-refractivity contribution in [2.45, 2.75) is 65.4 Å². The molecule has 0 saturated carbocycles. The zero-order valence-corrected chi connectivity index (χ0v) is 29.8. The minimum absolute atomic E-state index is 0.0716. The summed E-state index contributed by atoms with van der Waals surface area (Å²) >= 11 is 0. The van der Waals surface area contributed by atoms with Crippen LogP contribution in [-0.2, 0) is 21.3 Å². The van der Waals surface area contributed by atoms with Gasteiger partial charge >= 0.3 is 0 Å². The number of fused-ring (bicyclic) bond motifs is 4. The van der Waals surface area contributed by atoms with Crippen molar-refractivity contribution in [3.05, 3.63) is 88.7 Å². The van der Waals surface area contributed by atoms with Crippen LogP contribution in [0.15, 0.2) is 65.7 Å². The van der Waals surface area contributed by atoms with Gasteiger partial charge in [0, 0.05) is 30.3 Å². The van der Waals surface area contributed by atoms with Crippen LogP contribution >= 0.6 is 0 Å². The number of aromatic nitrogens is 3. The number of carbonyl (C=O) groups excluding carboxylic acids is 1. The third-order valence-electron chi connectivity index (χ3n) is 8.90. The monoisotopic (exact) mass is 684 g/mol. The molecule has 6 rings (SSSR count). The highest BCUT2D eigenvalue weighted by Gasteiger charge is 2.32. The van der Waals surface area contributed by atoms with E-state index in [-0.39, 0.29) is 46.8 Å². The van der Waals surface area contributed by atoms with Crippen LogP contribution in [0.5, 0.6) is 5.88 Å². The fourth-order valence-electron chi connectivity index (χ4n) is 6.46. The molecule has 0 radical (unpaired) electrons. The lowest BCUT2D eigenvalue weighted by Crippen LogP contribution is -2.45. The van der Waals surface area contributed by atoms with Crippen molar-refractivity contribution in [1.82, 2.24) is 19.9 Å². The Morgan fingerprint density at radius 2 is 1.65 bits per heavy atom. The van der Waals surface area contributed by atoms with Gasteiger partial charge in [0.25, 0.3) is 15.9 Å². The van der Waals surface area contributed by atoms with Gasteiger partial charge in [0.2, 0.25) is 11.8 Å². The van der Waals surface area contributed by atoms with Crippen LogP contribution in [0.2, 0.25) is 0 Å². The lowest BCUT2D eigenvalue weighted by atomic mass is 9.87. The number of nitrogens with zero attached hydrogens (tertiary/aromatic N) is 5. The van der Waals surface area contributed by atoms with Gasteiger partial charge in [-0.15, -0.1) is 0 Å². The zero-order chi connectivity index (χ0) is 34.9. The number of rotatable bonds is 5. The van der Waals surface area contributed by atoms with E-state index in [1.165, 1.54) is 12.1 Å². The second-order valence-electron chi connectivity index (χ2n) is 14.0. The molecule has 4 aromatic rings. The number of sulfonamides is 1. The number of hydrogen-bond donors (Lipinski definition) is 1. The van der Waals surface area contributed by atoms with Crippen molar-refractivity contribution in [1.29, 1.82) is 0 Å². The number of hydrogen-bond acceptors (Lipinski definition) is 9. The predicted molar refractivity (Wildman–Crippen MR) is 189 cm³/mol. The molecule has 1 fully saturated rings. The first-order chi connectivity index (χ1) is 23.3. The molecule has 0 aliphatic carbocycles. The van der Waals surface area contributed by atoms with E-state index in [1.54, 1.807) is 23.1 Å². The topological polar surface area (TPSA) is 127 Å². The summed E-state index contributed by atoms with van der Waals surface area (Å²) in [7, 11) is -4.17. The number of pyridine rings is 1. The molecule has 258 valence electrons. The minimum Gasteiger partial charge on any atom is -0.475 e. The summed E-state index contributed by atoms with van der Waals surface area (Å²) in [5, 5.41) is 0. The Morgan fingerprint density at radius 1 is 0.939 bits per heavy atom. The first-order valence-corrected chi connectivity index (χ1v) is 18.1. The highest BCUT2D eigenvalue weighted by atomic mass is 32.2. The number of amides is 1. The molecule has 12 heteroatoms. The molecule has 1 saturated heterocycles. The van der Waals surface area contributed by atoms with E-state index in [4.69, 9.17) is 14.5 Å². The molecule has 2 aliphatic rings. The molecule has 11 nitrogen and oxygen atoms in total. The third-order valence-corrected chi connectivity index (χ3v) is 10.2. The van der Waals surface area contributed by atoms with E-state index in [0.29, 0.717) is 25.3 Å². The average molecular weight is 685 g/mol. The van der Waals surface area contributed by atoms with Gasteiger partial charge in [-0.05, 0) is 73.6 Å². The van der Waals surface area contributed by atoms with E-state index >= 15 is 0 Å². The van der Waals surface area contributed by atoms with Crippen LogP contribution < -0.4 is 14.4 Å². The lowest BCUT2D eigenvalue weighted by molar-refractivity contribution is 0.0509. The summed E-state index contributed by atoms with van der Waals surface area (Å²) in [4.78, 5) is 32.4. The standard InChI is InChI=1S/C37H44N6O5S/c1-24-9-7-10-25(2)34(24)31-19-33-40-36(39-31)41-49(45,46)30-12-8-11-27(18-30)35(44)43(29(23-48-33)20-37(4,5)6)22-32-26(3)17-28(21-38-32)42-13-15-47-16-14-42/h7-12,17-19,21,29H,13-16,20,22-23H2,1-6H3,(H,39,40,41)/t29-/m1/s1. The highest BCUT2D eigenvalue weighted by Crippen LogP contribution is 2.32. The molecule has 1 atom stereocenters. The maximum Gasteiger partial charge on any atom is 0.264 e. The fraction of sp³-hybridized carbons (Fsp3) is 0.405. The van der Waals surface area contributed by atoms with E-state index in [0.717, 1.165) is 46.7 Å². The van der Waals surface area contributed by atoms with Gasteiger partial charge < -0.3 is 19.3 Å². The largest absolute Gasteiger partial charge is 0.475 e. The number of ether oxygens (including phenoxy) is 2. The Bertz CT molecular complexity index is 1950. The molecule has 0 spiro atoms. The number of anilines is 2. The Hall–Kier alpha value is -4.55. The van der Waals surface area contributed by atoms with Crippen LogP contribution in [0.4, 0.5) is 11.6 Å². The molecule has 1 N–H and O–H groups in total. The normalized spacial score (nSPS) is 18.1. The second kappa shape index (κ2) is 13.8. The van der Waals surface area contributed by atoms with Crippen molar-refractivity contribution < 1.29 is 22.7 Å². The molecule has 2 aromatic carbocycles. The maximum atomic E-state index is 14.5. The van der Waals surface area contributed by atoms with Crippen LogP contribution in [0.25, 0.3) is 11.3 Å². The van der Waals surface area contributed by atoms with Crippen molar-refractivity contribution in [2.24, 2.45) is 5.41 Å². The third kappa shape index (κ3) is 7.86. The minimum atomic E-state index is -4.17. The van der Waals surface area contributed by atoms with Gasteiger partial charge in [-0.25, -0.2) is 18.1 Å². The second-order valence-corrected chi connectivity index (χ2v) is 15.7. The Morgan fingerprint density at radius 3 is 2.35 bits per heavy atom. The summed E-state index contributed by atoms with van der Waals surface area (Å²) in [6.07, 6.45) is 2.45. The molecule has 4 bridgehead atoms. The summed E-state index contributed by atoms with van der Waals surface area (Å²) < 4.78 is 41.9. The zero-order valence-electron chi connectivity index (χ0n) is 29.0. The first-order valence-electron chi connectivity index (χ1n) is 16.6. The van der Waals surface area contributed by atoms with E-state index < -0.39 is 16.1 Å². The van der Waals surface area contributed by atoms with Crippen molar-refractivity contribution in [3.63, 3.8) is 0 Å². The number of carbonyl (C=O) groups is 1. The van der Waals surface area contributed by atoms with E-state index in [2.05, 4.69) is 46.4 Å². The van der Waals surface area contributed by atoms with Crippen LogP contribution in [-0.4, -0.2) is 73.1 Å². The summed E-state index contributed by atoms with van der Waals surface area (Å²) in [5.74, 6) is -0.232. The van der Waals surface area contributed by atoms with Crippen molar-refractivity contribution in [3.8, 4) is 17.1 Å². The molecule has 2 aromatic heterocycles. The van der Waals surface area contributed by atoms with Crippen LogP contribution in [0, 0.1) is 26.2 Å². The van der Waals surface area contributed by atoms with E-state index in [9.17, 15) is 13.2 Å². The van der Waals surface area contributed by atoms with Gasteiger partial charge in [-0.2, -0.15) is 4.98 Å². The van der Waals surface area contributed by atoms with Gasteiger partial charge in [-0.1, -0.05) is 45.0 Å². The molecule has 0 unspecified atom stereocenters. The van der Waals surface area contributed by atoms with Gasteiger partial charge in [0.15, 0.2) is 0 Å². The fourth-order valence-corrected chi connectivity index (χ4v) is 7.45. The average Bonchev–Trinajstić information content (AvgIpc) is 3.05. The number of aryl methyl sites for hydroxylation is 3. The highest BCUT2D eigenvalue weighted by molar-refractivity contribution is 7.92. The number of benzene rings is 2. The van der Waals surface area contributed by atoms with E-state index in [1.807, 2.05) is 45.2 Å². The smallest absolute Gasteiger partial charge is 0.264 e.